The molecule has 4 aromatic rings. The quantitative estimate of drug-likeness (QED) is 0.411. The highest BCUT2D eigenvalue weighted by Crippen LogP contribution is 2.30. The Hall–Kier alpha value is -3.43. The number of anilines is 1. The van der Waals surface area contributed by atoms with Crippen LogP contribution in [0, 0.1) is 5.82 Å². The second-order valence-electron chi connectivity index (χ2n) is 6.94. The smallest absolute Gasteiger partial charge is 0.228 e. The van der Waals surface area contributed by atoms with E-state index in [0.717, 1.165) is 5.56 Å². The molecule has 1 unspecified atom stereocenters. The number of nitrogens with zero attached hydrogens (tertiary/aromatic N) is 6. The lowest BCUT2D eigenvalue weighted by Crippen LogP contribution is -2.12. The molecule has 0 saturated carbocycles. The van der Waals surface area contributed by atoms with E-state index in [4.69, 9.17) is 16.3 Å². The summed E-state index contributed by atoms with van der Waals surface area (Å²) in [5.74, 6) is 0.240. The minimum atomic E-state index is -0.346. The molecule has 10 heteroatoms. The van der Waals surface area contributed by atoms with Gasteiger partial charge < -0.3 is 10.1 Å². The van der Waals surface area contributed by atoms with Crippen LogP contribution in [0.3, 0.4) is 0 Å². The van der Waals surface area contributed by atoms with Crippen molar-refractivity contribution >= 4 is 17.5 Å². The Morgan fingerprint density at radius 1 is 1.06 bits per heavy atom. The van der Waals surface area contributed by atoms with Crippen molar-refractivity contribution in [1.29, 1.82) is 0 Å². The highest BCUT2D eigenvalue weighted by Gasteiger charge is 2.21. The molecule has 0 aliphatic carbocycles. The van der Waals surface area contributed by atoms with Gasteiger partial charge in [-0.25, -0.2) is 9.07 Å². The zero-order valence-corrected chi connectivity index (χ0v) is 18.3. The minimum Gasteiger partial charge on any atom is -0.359 e. The number of hydrogen-bond acceptors (Lipinski definition) is 7. The van der Waals surface area contributed by atoms with Gasteiger partial charge in [0.2, 0.25) is 11.2 Å². The Bertz CT molecular complexity index is 1180. The maximum atomic E-state index is 13.4. The van der Waals surface area contributed by atoms with Gasteiger partial charge >= 0.3 is 0 Å². The van der Waals surface area contributed by atoms with Crippen molar-refractivity contribution in [2.24, 2.45) is 0 Å². The van der Waals surface area contributed by atoms with Crippen molar-refractivity contribution in [3.8, 4) is 22.8 Å². The van der Waals surface area contributed by atoms with E-state index >= 15 is 0 Å². The maximum absolute atomic E-state index is 13.4. The van der Waals surface area contributed by atoms with Crippen LogP contribution in [0.5, 0.6) is 0 Å². The first-order valence-electron chi connectivity index (χ1n) is 10.1. The summed E-state index contributed by atoms with van der Waals surface area (Å²) in [4.78, 5) is 13.1. The van der Waals surface area contributed by atoms with Crippen molar-refractivity contribution in [1.82, 2.24) is 29.9 Å². The predicted octanol–water partition coefficient (Wildman–Crippen LogP) is 4.76. The average Bonchev–Trinajstić information content (AvgIpc) is 3.22. The van der Waals surface area contributed by atoms with Gasteiger partial charge in [-0.15, -0.1) is 5.10 Å². The van der Waals surface area contributed by atoms with Gasteiger partial charge in [0.15, 0.2) is 5.82 Å². The summed E-state index contributed by atoms with van der Waals surface area (Å²) in [6, 6.07) is 15.8. The van der Waals surface area contributed by atoms with Crippen LogP contribution in [-0.2, 0) is 11.5 Å². The Balaban J connectivity index is 1.75. The van der Waals surface area contributed by atoms with Gasteiger partial charge in [0, 0.05) is 12.2 Å². The molecule has 0 radical (unpaired) electrons. The lowest BCUT2D eigenvalue weighted by Gasteiger charge is -2.15. The first-order valence-corrected chi connectivity index (χ1v) is 10.4. The summed E-state index contributed by atoms with van der Waals surface area (Å²) < 4.78 is 20.5. The molecule has 0 fully saturated rings. The lowest BCUT2D eigenvalue weighted by atomic mass is 10.1. The number of ether oxygens (including phenoxy) is 1. The molecule has 32 heavy (non-hydrogen) atoms. The number of nitrogens with one attached hydrogen (secondary N) is 1. The zero-order valence-electron chi connectivity index (χ0n) is 17.5. The molecule has 2 aromatic carbocycles. The molecule has 0 aliphatic heterocycles. The van der Waals surface area contributed by atoms with Crippen LogP contribution in [0.1, 0.15) is 25.5 Å². The van der Waals surface area contributed by atoms with Crippen molar-refractivity contribution in [2.45, 2.75) is 26.6 Å². The van der Waals surface area contributed by atoms with Crippen molar-refractivity contribution in [3.63, 3.8) is 0 Å². The van der Waals surface area contributed by atoms with E-state index in [1.807, 2.05) is 44.2 Å². The summed E-state index contributed by atoms with van der Waals surface area (Å²) in [6.07, 6.45) is 0. The third-order valence-electron chi connectivity index (χ3n) is 4.74. The van der Waals surface area contributed by atoms with E-state index in [1.165, 1.54) is 16.8 Å². The topological polar surface area (TPSA) is 90.6 Å². The van der Waals surface area contributed by atoms with Gasteiger partial charge in [-0.05, 0) is 55.3 Å². The van der Waals surface area contributed by atoms with Gasteiger partial charge in [-0.3, -0.25) is 0 Å². The van der Waals surface area contributed by atoms with Crippen LogP contribution in [0.2, 0.25) is 5.28 Å². The van der Waals surface area contributed by atoms with Crippen LogP contribution < -0.4 is 5.32 Å². The zero-order chi connectivity index (χ0) is 22.5. The van der Waals surface area contributed by atoms with Crippen molar-refractivity contribution in [3.05, 3.63) is 71.3 Å². The summed E-state index contributed by atoms with van der Waals surface area (Å²) in [5.41, 5.74) is 2.70. The van der Waals surface area contributed by atoms with Crippen LogP contribution in [0.25, 0.3) is 22.8 Å². The van der Waals surface area contributed by atoms with Crippen LogP contribution in [-0.4, -0.2) is 36.6 Å². The molecular weight excluding hydrogens is 433 g/mol. The van der Waals surface area contributed by atoms with Gasteiger partial charge in [-0.1, -0.05) is 35.5 Å². The van der Waals surface area contributed by atoms with Crippen LogP contribution >= 0.6 is 11.6 Å². The predicted molar refractivity (Wildman–Crippen MR) is 119 cm³/mol. The van der Waals surface area contributed by atoms with Crippen molar-refractivity contribution in [2.75, 3.05) is 11.9 Å². The average molecular weight is 454 g/mol. The first-order chi connectivity index (χ1) is 15.5. The number of benzene rings is 2. The molecule has 2 aromatic heterocycles. The minimum absolute atomic E-state index is 0.0203. The summed E-state index contributed by atoms with van der Waals surface area (Å²) in [7, 11) is 0. The normalized spacial score (nSPS) is 12.0. The number of rotatable bonds is 8. The Morgan fingerprint density at radius 3 is 2.53 bits per heavy atom. The fourth-order valence-corrected chi connectivity index (χ4v) is 3.30. The fourth-order valence-electron chi connectivity index (χ4n) is 3.14. The second-order valence-corrected chi connectivity index (χ2v) is 7.28. The maximum Gasteiger partial charge on any atom is 0.228 e. The summed E-state index contributed by atoms with van der Waals surface area (Å²) in [5, 5.41) is 11.7. The molecule has 0 amide bonds. The Labute approximate surface area is 189 Å². The molecule has 1 atom stereocenters. The van der Waals surface area contributed by atoms with E-state index in [2.05, 4.69) is 30.6 Å². The highest BCUT2D eigenvalue weighted by molar-refractivity contribution is 6.28. The molecule has 164 valence electrons. The second kappa shape index (κ2) is 9.80. The summed E-state index contributed by atoms with van der Waals surface area (Å²) in [6.45, 7) is 4.51. The van der Waals surface area contributed by atoms with E-state index in [0.29, 0.717) is 29.5 Å². The van der Waals surface area contributed by atoms with E-state index in [1.54, 1.807) is 12.1 Å². The SMILES string of the molecule is CCOCn1nnc(-c2ccc(F)cc2)c1-c1nc(Cl)nc(NC(C)c2ccccc2)n1. The molecule has 2 heterocycles. The lowest BCUT2D eigenvalue weighted by molar-refractivity contribution is 0.0789. The number of hydrogen-bond donors (Lipinski definition) is 1. The summed E-state index contributed by atoms with van der Waals surface area (Å²) >= 11 is 6.24. The van der Waals surface area contributed by atoms with Crippen LogP contribution in [0.15, 0.2) is 54.6 Å². The number of halogens is 2. The largest absolute Gasteiger partial charge is 0.359 e. The van der Waals surface area contributed by atoms with Gasteiger partial charge in [0.1, 0.15) is 23.9 Å². The van der Waals surface area contributed by atoms with Gasteiger partial charge in [0.25, 0.3) is 0 Å². The molecule has 1 N–H and O–H groups in total. The Morgan fingerprint density at radius 2 is 1.81 bits per heavy atom. The standard InChI is InChI=1S/C22H21ClFN7O/c1-3-32-13-31-19(18(29-30-31)16-9-11-17(24)12-10-16)20-26-21(23)28-22(27-20)25-14(2)15-7-5-4-6-8-15/h4-12,14H,3,13H2,1-2H3,(H,25,26,27,28). The van der Waals surface area contributed by atoms with E-state index in [-0.39, 0.29) is 29.7 Å². The van der Waals surface area contributed by atoms with Crippen LogP contribution in [0.4, 0.5) is 10.3 Å². The first kappa shape index (κ1) is 21.8. The third-order valence-corrected chi connectivity index (χ3v) is 4.90. The van der Waals surface area contributed by atoms with E-state index in [9.17, 15) is 4.39 Å². The molecule has 0 bridgehead atoms. The molecule has 0 saturated heterocycles. The monoisotopic (exact) mass is 453 g/mol. The third kappa shape index (κ3) is 4.90. The molecular formula is C22H21ClFN7O. The Kier molecular flexibility index (Phi) is 6.67. The van der Waals surface area contributed by atoms with Gasteiger partial charge in [0.05, 0.1) is 6.04 Å². The fraction of sp³-hybridized carbons (Fsp3) is 0.227. The number of aromatic nitrogens is 6. The van der Waals surface area contributed by atoms with Crippen molar-refractivity contribution < 1.29 is 9.13 Å². The van der Waals surface area contributed by atoms with Gasteiger partial charge in [-0.2, -0.15) is 15.0 Å². The molecule has 0 aliphatic rings. The molecule has 0 spiro atoms. The molecule has 4 rings (SSSR count). The van der Waals surface area contributed by atoms with E-state index < -0.39 is 0 Å². The highest BCUT2D eigenvalue weighted by atomic mass is 35.5. The molecule has 8 nitrogen and oxygen atoms in total.